The largest absolute Gasteiger partial charge is 0.465 e. The van der Waals surface area contributed by atoms with Crippen LogP contribution in [0.3, 0.4) is 0 Å². The van der Waals surface area contributed by atoms with E-state index in [1.54, 1.807) is 0 Å². The van der Waals surface area contributed by atoms with E-state index in [-0.39, 0.29) is 18.1 Å². The van der Waals surface area contributed by atoms with E-state index in [9.17, 15) is 18.4 Å². The molecule has 1 aromatic rings. The van der Waals surface area contributed by atoms with Gasteiger partial charge in [-0.3, -0.25) is 4.79 Å². The maximum atomic E-state index is 14.0. The number of Topliss-reactive ketones (excluding diaryl/α,β-unsaturated/α-hetero) is 1. The van der Waals surface area contributed by atoms with E-state index in [0.29, 0.717) is 25.5 Å². The minimum Gasteiger partial charge on any atom is -0.465 e. The molecule has 1 aliphatic rings. The van der Waals surface area contributed by atoms with Crippen LogP contribution in [0, 0.1) is 17.6 Å². The topological polar surface area (TPSA) is 64.6 Å². The molecule has 2 rings (SSSR count). The first-order chi connectivity index (χ1) is 11.4. The van der Waals surface area contributed by atoms with Crippen molar-refractivity contribution in [1.29, 1.82) is 0 Å². The lowest BCUT2D eigenvalue weighted by atomic mass is 10.0. The van der Waals surface area contributed by atoms with Gasteiger partial charge in [0.1, 0.15) is 11.6 Å². The molecule has 0 spiro atoms. The van der Waals surface area contributed by atoms with Crippen LogP contribution in [0.5, 0.6) is 0 Å². The van der Waals surface area contributed by atoms with Crippen molar-refractivity contribution in [3.63, 3.8) is 0 Å². The second kappa shape index (κ2) is 8.30. The lowest BCUT2D eigenvalue weighted by Crippen LogP contribution is -2.27. The fraction of sp³-hybridized carbons (Fsp3) is 0.529. The quantitative estimate of drug-likeness (QED) is 0.658. The number of ketones is 1. The lowest BCUT2D eigenvalue weighted by Gasteiger charge is -2.15. The molecular weight excluding hydrogens is 320 g/mol. The first-order valence-corrected chi connectivity index (χ1v) is 7.85. The van der Waals surface area contributed by atoms with Crippen molar-refractivity contribution in [2.45, 2.75) is 25.9 Å². The molecule has 2 atom stereocenters. The summed E-state index contributed by atoms with van der Waals surface area (Å²) < 4.78 is 38.1. The Labute approximate surface area is 139 Å². The number of nitrogens with one attached hydrogen (secondary N) is 1. The first kappa shape index (κ1) is 18.5. The smallest absolute Gasteiger partial charge is 0.338 e. The Morgan fingerprint density at radius 1 is 1.29 bits per heavy atom. The van der Waals surface area contributed by atoms with Gasteiger partial charge < -0.3 is 14.8 Å². The number of carbonyl (C=O) groups is 2. The summed E-state index contributed by atoms with van der Waals surface area (Å²) in [5, 5.41) is 3.22. The minimum absolute atomic E-state index is 0.0356. The van der Waals surface area contributed by atoms with Crippen molar-refractivity contribution in [1.82, 2.24) is 5.32 Å². The van der Waals surface area contributed by atoms with Crippen molar-refractivity contribution >= 4 is 11.8 Å². The Hall–Kier alpha value is -1.86. The number of carbonyl (C=O) groups excluding carboxylic acids is 2. The van der Waals surface area contributed by atoms with Crippen LogP contribution in [0.15, 0.2) is 12.1 Å². The van der Waals surface area contributed by atoms with Gasteiger partial charge in [-0.1, -0.05) is 6.92 Å². The first-order valence-electron chi connectivity index (χ1n) is 7.85. The van der Waals surface area contributed by atoms with E-state index < -0.39 is 29.0 Å². The third-order valence-electron chi connectivity index (χ3n) is 3.92. The normalized spacial score (nSPS) is 21.2. The summed E-state index contributed by atoms with van der Waals surface area (Å²) in [7, 11) is 1.11. The number of benzene rings is 1. The number of methoxy groups -OCH3 is 1. The molecule has 1 heterocycles. The maximum Gasteiger partial charge on any atom is 0.338 e. The van der Waals surface area contributed by atoms with E-state index in [0.717, 1.165) is 25.8 Å². The number of halogens is 2. The van der Waals surface area contributed by atoms with Crippen LogP contribution < -0.4 is 5.32 Å². The van der Waals surface area contributed by atoms with E-state index in [1.807, 2.05) is 6.92 Å². The predicted octanol–water partition coefficient (Wildman–Crippen LogP) is 2.34. The van der Waals surface area contributed by atoms with Gasteiger partial charge in [0.25, 0.3) is 0 Å². The Morgan fingerprint density at radius 2 is 1.96 bits per heavy atom. The highest BCUT2D eigenvalue weighted by Crippen LogP contribution is 2.20. The highest BCUT2D eigenvalue weighted by atomic mass is 19.1. The number of hydrogen-bond acceptors (Lipinski definition) is 5. The SMILES string of the molecule is COC(=O)c1cc(F)c(C(=O)CC[C@H]2CNCC(C)CO2)c(F)c1. The van der Waals surface area contributed by atoms with Gasteiger partial charge in [-0.25, -0.2) is 13.6 Å². The van der Waals surface area contributed by atoms with Gasteiger partial charge >= 0.3 is 5.97 Å². The molecule has 24 heavy (non-hydrogen) atoms. The third-order valence-corrected chi connectivity index (χ3v) is 3.92. The molecule has 1 N–H and O–H groups in total. The van der Waals surface area contributed by atoms with Gasteiger partial charge in [-0.15, -0.1) is 0 Å². The fourth-order valence-corrected chi connectivity index (χ4v) is 2.59. The zero-order chi connectivity index (χ0) is 17.7. The van der Waals surface area contributed by atoms with Crippen molar-refractivity contribution in [3.8, 4) is 0 Å². The molecule has 5 nitrogen and oxygen atoms in total. The van der Waals surface area contributed by atoms with E-state index in [4.69, 9.17) is 4.74 Å². The summed E-state index contributed by atoms with van der Waals surface area (Å²) in [6.45, 7) is 4.07. The number of ether oxygens (including phenoxy) is 2. The van der Waals surface area contributed by atoms with Gasteiger partial charge in [-0.2, -0.15) is 0 Å². The average molecular weight is 341 g/mol. The number of rotatable bonds is 5. The number of esters is 1. The molecule has 132 valence electrons. The highest BCUT2D eigenvalue weighted by Gasteiger charge is 2.23. The van der Waals surface area contributed by atoms with Crippen LogP contribution in [0.1, 0.15) is 40.5 Å². The van der Waals surface area contributed by atoms with Gasteiger partial charge in [0.15, 0.2) is 5.78 Å². The summed E-state index contributed by atoms with van der Waals surface area (Å²) in [6.07, 6.45) is 0.168. The highest BCUT2D eigenvalue weighted by molar-refractivity contribution is 5.98. The standard InChI is InChI=1S/C17H21F2NO4/c1-10-7-20-8-12(24-9-10)3-4-15(21)16-13(18)5-11(6-14(16)19)17(22)23-2/h5-6,10,12,20H,3-4,7-9H2,1-2H3/t10?,12-/m0/s1. The Balaban J connectivity index is 2.03. The average Bonchev–Trinajstić information content (AvgIpc) is 2.75. The Kier molecular flexibility index (Phi) is 6.39. The van der Waals surface area contributed by atoms with E-state index >= 15 is 0 Å². The van der Waals surface area contributed by atoms with Crippen molar-refractivity contribution in [2.75, 3.05) is 26.8 Å². The summed E-state index contributed by atoms with van der Waals surface area (Å²) in [6, 6.07) is 1.63. The maximum absolute atomic E-state index is 14.0. The monoisotopic (exact) mass is 341 g/mol. The Bertz CT molecular complexity index is 598. The van der Waals surface area contributed by atoms with Gasteiger partial charge in [0.2, 0.25) is 0 Å². The molecule has 0 saturated carbocycles. The zero-order valence-electron chi connectivity index (χ0n) is 13.7. The summed E-state index contributed by atoms with van der Waals surface area (Å²) >= 11 is 0. The van der Waals surface area contributed by atoms with Crippen LogP contribution in [0.25, 0.3) is 0 Å². The van der Waals surface area contributed by atoms with Crippen LogP contribution in [-0.4, -0.2) is 44.7 Å². The number of hydrogen-bond donors (Lipinski definition) is 1. The zero-order valence-corrected chi connectivity index (χ0v) is 13.7. The predicted molar refractivity (Wildman–Crippen MR) is 83.0 cm³/mol. The summed E-state index contributed by atoms with van der Waals surface area (Å²) in [5.74, 6) is -3.25. The van der Waals surface area contributed by atoms with Gasteiger partial charge in [0, 0.05) is 13.0 Å². The van der Waals surface area contributed by atoms with Crippen LogP contribution in [0.2, 0.25) is 0 Å². The molecule has 0 bridgehead atoms. The molecule has 1 fully saturated rings. The second-order valence-corrected chi connectivity index (χ2v) is 5.99. The molecule has 0 amide bonds. The molecule has 0 radical (unpaired) electrons. The minimum atomic E-state index is -1.06. The van der Waals surface area contributed by atoms with Crippen molar-refractivity contribution in [2.24, 2.45) is 5.92 Å². The van der Waals surface area contributed by atoms with E-state index in [1.165, 1.54) is 0 Å². The molecule has 0 aliphatic carbocycles. The van der Waals surface area contributed by atoms with Crippen LogP contribution >= 0.6 is 0 Å². The second-order valence-electron chi connectivity index (χ2n) is 5.99. The molecular formula is C17H21F2NO4. The molecule has 0 aromatic heterocycles. The van der Waals surface area contributed by atoms with Crippen molar-refractivity contribution < 1.29 is 27.8 Å². The van der Waals surface area contributed by atoms with Crippen LogP contribution in [0.4, 0.5) is 8.78 Å². The van der Waals surface area contributed by atoms with Crippen LogP contribution in [-0.2, 0) is 9.47 Å². The fourth-order valence-electron chi connectivity index (χ4n) is 2.59. The summed E-state index contributed by atoms with van der Waals surface area (Å²) in [4.78, 5) is 23.5. The van der Waals surface area contributed by atoms with E-state index in [2.05, 4.69) is 10.1 Å². The Morgan fingerprint density at radius 3 is 2.58 bits per heavy atom. The van der Waals surface area contributed by atoms with Crippen molar-refractivity contribution in [3.05, 3.63) is 34.9 Å². The van der Waals surface area contributed by atoms with Gasteiger partial charge in [0.05, 0.1) is 30.9 Å². The third kappa shape index (κ3) is 4.58. The molecule has 1 saturated heterocycles. The molecule has 7 heteroatoms. The molecule has 1 unspecified atom stereocenters. The molecule has 1 aliphatic heterocycles. The summed E-state index contributed by atoms with van der Waals surface area (Å²) in [5.41, 5.74) is -0.896. The van der Waals surface area contributed by atoms with Gasteiger partial charge in [-0.05, 0) is 31.0 Å². The molecule has 1 aromatic carbocycles. The lowest BCUT2D eigenvalue weighted by molar-refractivity contribution is 0.0443.